The van der Waals surface area contributed by atoms with Gasteiger partial charge in [-0.2, -0.15) is 0 Å². The van der Waals surface area contributed by atoms with Crippen LogP contribution in [0.5, 0.6) is 0 Å². The number of allylic oxidation sites excluding steroid dienone is 14. The molecule has 0 aromatic rings. The van der Waals surface area contributed by atoms with Crippen LogP contribution >= 0.6 is 0 Å². The van der Waals surface area contributed by atoms with E-state index in [1.165, 1.54) is 122 Å². The van der Waals surface area contributed by atoms with E-state index < -0.39 is 6.10 Å². The fraction of sp³-hybridized carbons (Fsp3) is 0.730. The van der Waals surface area contributed by atoms with Gasteiger partial charge in [-0.3, -0.25) is 14.4 Å². The molecule has 0 saturated heterocycles. The summed E-state index contributed by atoms with van der Waals surface area (Å²) in [6, 6.07) is 0. The van der Waals surface area contributed by atoms with E-state index in [0.29, 0.717) is 19.3 Å². The third-order valence-corrected chi connectivity index (χ3v) is 12.4. The lowest BCUT2D eigenvalue weighted by Crippen LogP contribution is -2.30. The Bertz CT molecular complexity index is 1330. The Morgan fingerprint density at radius 2 is 0.594 bits per heavy atom. The van der Waals surface area contributed by atoms with Crippen LogP contribution in [0.4, 0.5) is 0 Å². The molecule has 0 aromatic heterocycles. The van der Waals surface area contributed by atoms with Gasteiger partial charge in [-0.25, -0.2) is 0 Å². The highest BCUT2D eigenvalue weighted by atomic mass is 16.6. The molecule has 0 aliphatic carbocycles. The van der Waals surface area contributed by atoms with Crippen LogP contribution in [0.15, 0.2) is 85.1 Å². The summed E-state index contributed by atoms with van der Waals surface area (Å²) >= 11 is 0. The van der Waals surface area contributed by atoms with E-state index >= 15 is 0 Å². The minimum atomic E-state index is -0.773. The maximum absolute atomic E-state index is 12.7. The highest BCUT2D eigenvalue weighted by molar-refractivity contribution is 5.71. The predicted molar refractivity (Wildman–Crippen MR) is 297 cm³/mol. The van der Waals surface area contributed by atoms with E-state index in [0.717, 1.165) is 116 Å². The summed E-state index contributed by atoms with van der Waals surface area (Å²) in [4.78, 5) is 37.7. The Morgan fingerprint density at radius 1 is 0.304 bits per heavy atom. The van der Waals surface area contributed by atoms with Gasteiger partial charge >= 0.3 is 17.9 Å². The van der Waals surface area contributed by atoms with E-state index in [1.807, 2.05) is 0 Å². The van der Waals surface area contributed by atoms with E-state index in [-0.39, 0.29) is 31.1 Å². The minimum absolute atomic E-state index is 0.0767. The molecule has 0 rings (SSSR count). The molecule has 1 unspecified atom stereocenters. The highest BCUT2D eigenvalue weighted by Crippen LogP contribution is 2.16. The van der Waals surface area contributed by atoms with Crippen LogP contribution in [0.1, 0.15) is 278 Å². The fourth-order valence-electron chi connectivity index (χ4n) is 8.04. The van der Waals surface area contributed by atoms with E-state index in [9.17, 15) is 14.4 Å². The number of esters is 3. The molecule has 0 saturated carbocycles. The van der Waals surface area contributed by atoms with Gasteiger partial charge in [0.05, 0.1) is 0 Å². The Kier molecular flexibility index (Phi) is 54.3. The van der Waals surface area contributed by atoms with Crippen molar-refractivity contribution >= 4 is 17.9 Å². The first-order valence-electron chi connectivity index (χ1n) is 29.1. The van der Waals surface area contributed by atoms with Crippen LogP contribution < -0.4 is 0 Å². The largest absolute Gasteiger partial charge is 0.462 e. The molecule has 396 valence electrons. The van der Waals surface area contributed by atoms with Gasteiger partial charge in [0, 0.05) is 19.3 Å². The predicted octanol–water partition coefficient (Wildman–Crippen LogP) is 19.5. The van der Waals surface area contributed by atoms with Gasteiger partial charge in [0.2, 0.25) is 0 Å². The molecule has 1 atom stereocenters. The number of unbranched alkanes of at least 4 members (excludes halogenated alkanes) is 27. The van der Waals surface area contributed by atoms with Crippen molar-refractivity contribution in [1.29, 1.82) is 0 Å². The molecule has 0 aromatic carbocycles. The number of ether oxygens (including phenoxy) is 3. The summed E-state index contributed by atoms with van der Waals surface area (Å²) in [5.41, 5.74) is 0. The minimum Gasteiger partial charge on any atom is -0.462 e. The van der Waals surface area contributed by atoms with Crippen LogP contribution in [-0.4, -0.2) is 37.2 Å². The molecular weight excluding hydrogens is 853 g/mol. The standard InChI is InChI=1S/C63H108O6/c1-4-7-10-13-16-18-20-21-22-23-24-25-26-27-28-29-30-31-32-33-34-35-36-37-38-39-40-41-42-43-44-46-47-50-53-56-62(65)68-59-60(58-67-61(64)55-52-49-15-12-9-6-3)69-63(66)57-54-51-48-45-19-17-14-11-8-5-2/h7,10-11,14,16,18,21-22,24-25,27-28,30-31,60H,4-6,8-9,12-13,15,17,19-20,23,26,29,32-59H2,1-3H3/b10-7-,14-11-,18-16-,22-21-,25-24-,28-27-,31-30-. The first-order chi connectivity index (χ1) is 34.0. The third-order valence-electron chi connectivity index (χ3n) is 12.4. The Labute approximate surface area is 426 Å². The van der Waals surface area contributed by atoms with E-state index in [4.69, 9.17) is 14.2 Å². The summed E-state index contributed by atoms with van der Waals surface area (Å²) in [5.74, 6) is -0.894. The molecule has 0 spiro atoms. The number of carbonyl (C=O) groups excluding carboxylic acids is 3. The summed E-state index contributed by atoms with van der Waals surface area (Å²) in [6.07, 6.45) is 75.0. The summed E-state index contributed by atoms with van der Waals surface area (Å²) in [6.45, 7) is 6.40. The van der Waals surface area contributed by atoms with Crippen molar-refractivity contribution in [3.05, 3.63) is 85.1 Å². The molecule has 6 heteroatoms. The lowest BCUT2D eigenvalue weighted by Gasteiger charge is -2.18. The zero-order valence-electron chi connectivity index (χ0n) is 45.3. The molecular formula is C63H108O6. The molecule has 6 nitrogen and oxygen atoms in total. The fourth-order valence-corrected chi connectivity index (χ4v) is 8.04. The maximum atomic E-state index is 12.7. The average molecular weight is 962 g/mol. The lowest BCUT2D eigenvalue weighted by atomic mass is 10.0. The topological polar surface area (TPSA) is 78.9 Å². The molecule has 0 N–H and O–H groups in total. The van der Waals surface area contributed by atoms with Gasteiger partial charge in [-0.15, -0.1) is 0 Å². The van der Waals surface area contributed by atoms with Crippen molar-refractivity contribution in [3.8, 4) is 0 Å². The SMILES string of the molecule is CC/C=C\C/C=C\C/C=C\C/C=C\C/C=C\C/C=C\CCCCCCCCCCCCCCCCCCC(=O)OCC(COC(=O)CCCCCCCC)OC(=O)CCCCCCC/C=C\CCC. The molecule has 0 amide bonds. The Hall–Kier alpha value is -3.41. The van der Waals surface area contributed by atoms with Crippen molar-refractivity contribution in [2.75, 3.05) is 13.2 Å². The van der Waals surface area contributed by atoms with E-state index in [1.54, 1.807) is 0 Å². The van der Waals surface area contributed by atoms with Gasteiger partial charge in [-0.1, -0.05) is 254 Å². The van der Waals surface area contributed by atoms with Gasteiger partial charge < -0.3 is 14.2 Å². The first kappa shape index (κ1) is 65.6. The van der Waals surface area contributed by atoms with Crippen molar-refractivity contribution in [2.45, 2.75) is 284 Å². The number of rotatable bonds is 52. The average Bonchev–Trinajstić information content (AvgIpc) is 3.35. The highest BCUT2D eigenvalue weighted by Gasteiger charge is 2.19. The van der Waals surface area contributed by atoms with Crippen LogP contribution in [-0.2, 0) is 28.6 Å². The second-order valence-corrected chi connectivity index (χ2v) is 19.2. The van der Waals surface area contributed by atoms with Gasteiger partial charge in [0.25, 0.3) is 0 Å². The number of carbonyl (C=O) groups is 3. The first-order valence-corrected chi connectivity index (χ1v) is 29.1. The second-order valence-electron chi connectivity index (χ2n) is 19.2. The van der Waals surface area contributed by atoms with Gasteiger partial charge in [-0.05, 0) is 89.9 Å². The summed E-state index contributed by atoms with van der Waals surface area (Å²) in [7, 11) is 0. The van der Waals surface area contributed by atoms with Crippen molar-refractivity contribution in [3.63, 3.8) is 0 Å². The molecule has 0 radical (unpaired) electrons. The molecule has 0 aliphatic heterocycles. The van der Waals surface area contributed by atoms with Gasteiger partial charge in [0.15, 0.2) is 6.10 Å². The monoisotopic (exact) mass is 961 g/mol. The number of hydrogen-bond donors (Lipinski definition) is 0. The smallest absolute Gasteiger partial charge is 0.306 e. The number of hydrogen-bond acceptors (Lipinski definition) is 6. The Morgan fingerprint density at radius 3 is 0.957 bits per heavy atom. The molecule has 0 bridgehead atoms. The van der Waals surface area contributed by atoms with Crippen LogP contribution in [0.3, 0.4) is 0 Å². The van der Waals surface area contributed by atoms with Gasteiger partial charge in [0.1, 0.15) is 13.2 Å². The van der Waals surface area contributed by atoms with Crippen LogP contribution in [0.2, 0.25) is 0 Å². The van der Waals surface area contributed by atoms with Crippen LogP contribution in [0.25, 0.3) is 0 Å². The third kappa shape index (κ3) is 55.4. The van der Waals surface area contributed by atoms with Crippen molar-refractivity contribution in [2.24, 2.45) is 0 Å². The zero-order valence-corrected chi connectivity index (χ0v) is 45.3. The zero-order chi connectivity index (χ0) is 50.0. The summed E-state index contributed by atoms with van der Waals surface area (Å²) < 4.78 is 16.7. The quantitative estimate of drug-likeness (QED) is 0.0262. The normalized spacial score (nSPS) is 12.7. The molecule has 0 heterocycles. The van der Waals surface area contributed by atoms with Crippen molar-refractivity contribution in [1.82, 2.24) is 0 Å². The van der Waals surface area contributed by atoms with Crippen LogP contribution in [0, 0.1) is 0 Å². The van der Waals surface area contributed by atoms with E-state index in [2.05, 4.69) is 106 Å². The molecule has 0 aliphatic rings. The second kappa shape index (κ2) is 57.2. The molecule has 69 heavy (non-hydrogen) atoms. The summed E-state index contributed by atoms with van der Waals surface area (Å²) in [5, 5.41) is 0. The molecule has 0 fully saturated rings. The Balaban J connectivity index is 3.90. The van der Waals surface area contributed by atoms with Crippen molar-refractivity contribution < 1.29 is 28.6 Å². The maximum Gasteiger partial charge on any atom is 0.306 e. The lowest BCUT2D eigenvalue weighted by molar-refractivity contribution is -0.167.